The lowest BCUT2D eigenvalue weighted by Crippen LogP contribution is -2.34. The van der Waals surface area contributed by atoms with Gasteiger partial charge >= 0.3 is 0 Å². The minimum Gasteiger partial charge on any atom is -0.383 e. The van der Waals surface area contributed by atoms with E-state index in [1.165, 1.54) is 11.3 Å². The van der Waals surface area contributed by atoms with Crippen molar-refractivity contribution in [2.24, 2.45) is 0 Å². The second-order valence-electron chi connectivity index (χ2n) is 5.99. The van der Waals surface area contributed by atoms with Crippen LogP contribution in [0.5, 0.6) is 0 Å². The molecule has 3 aromatic rings. The molecule has 0 saturated carbocycles. The van der Waals surface area contributed by atoms with Gasteiger partial charge in [-0.15, -0.1) is 0 Å². The molecule has 1 amide bonds. The number of fused-ring (bicyclic) bond motifs is 1. The van der Waals surface area contributed by atoms with Crippen molar-refractivity contribution < 1.29 is 9.53 Å². The molecular weight excluding hydrogens is 360 g/mol. The van der Waals surface area contributed by atoms with E-state index in [9.17, 15) is 4.79 Å². The third-order valence-corrected chi connectivity index (χ3v) is 5.42. The van der Waals surface area contributed by atoms with Crippen molar-refractivity contribution in [3.8, 4) is 0 Å². The molecule has 0 aliphatic rings. The highest BCUT2D eigenvalue weighted by Crippen LogP contribution is 2.29. The van der Waals surface area contributed by atoms with E-state index in [4.69, 9.17) is 4.74 Å². The lowest BCUT2D eigenvalue weighted by atomic mass is 10.2. The molecule has 0 bridgehead atoms. The largest absolute Gasteiger partial charge is 0.383 e. The van der Waals surface area contributed by atoms with Crippen molar-refractivity contribution >= 4 is 38.4 Å². The molecule has 0 aliphatic heterocycles. The van der Waals surface area contributed by atoms with Crippen LogP contribution in [0.3, 0.4) is 0 Å². The number of para-hydroxylation sites is 1. The van der Waals surface area contributed by atoms with E-state index in [-0.39, 0.29) is 5.91 Å². The Kier molecular flexibility index (Phi) is 6.36. The van der Waals surface area contributed by atoms with Crippen LogP contribution in [-0.2, 0) is 4.74 Å². The molecule has 0 radical (unpaired) electrons. The Balaban J connectivity index is 1.89. The highest BCUT2D eigenvalue weighted by molar-refractivity contribution is 7.22. The van der Waals surface area contributed by atoms with Gasteiger partial charge in [0.1, 0.15) is 5.82 Å². The summed E-state index contributed by atoms with van der Waals surface area (Å²) in [7, 11) is 1.63. The topological polar surface area (TPSA) is 58.6 Å². The number of carbonyl (C=O) groups is 1. The van der Waals surface area contributed by atoms with E-state index in [1.807, 2.05) is 36.4 Å². The molecular formula is C20H24N4O2S. The van der Waals surface area contributed by atoms with E-state index >= 15 is 0 Å². The van der Waals surface area contributed by atoms with Crippen LogP contribution < -0.4 is 9.80 Å². The fourth-order valence-corrected chi connectivity index (χ4v) is 3.84. The number of pyridine rings is 1. The van der Waals surface area contributed by atoms with Crippen LogP contribution in [0.2, 0.25) is 0 Å². The smallest absolute Gasteiger partial charge is 0.261 e. The lowest BCUT2D eigenvalue weighted by Gasteiger charge is -2.21. The normalized spacial score (nSPS) is 10.9. The zero-order chi connectivity index (χ0) is 19.2. The number of anilines is 2. The first-order chi connectivity index (χ1) is 13.2. The molecule has 0 fully saturated rings. The van der Waals surface area contributed by atoms with Crippen molar-refractivity contribution in [3.63, 3.8) is 0 Å². The molecule has 6 nitrogen and oxygen atoms in total. The van der Waals surface area contributed by atoms with Crippen LogP contribution in [-0.4, -0.2) is 49.2 Å². The number of rotatable bonds is 8. The minimum atomic E-state index is -0.121. The maximum atomic E-state index is 13.1. The van der Waals surface area contributed by atoms with Crippen molar-refractivity contribution in [1.82, 2.24) is 9.97 Å². The number of nitrogens with zero attached hydrogens (tertiary/aromatic N) is 4. The number of ether oxygens (including phenoxy) is 1. The average Bonchev–Trinajstić information content (AvgIpc) is 3.13. The Morgan fingerprint density at radius 2 is 1.93 bits per heavy atom. The molecule has 0 aliphatic carbocycles. The molecule has 0 atom stereocenters. The van der Waals surface area contributed by atoms with Gasteiger partial charge in [0.05, 0.1) is 28.9 Å². The maximum Gasteiger partial charge on any atom is 0.261 e. The van der Waals surface area contributed by atoms with Gasteiger partial charge in [-0.25, -0.2) is 9.97 Å². The Bertz CT molecular complexity index is 857. The first-order valence-corrected chi connectivity index (χ1v) is 9.87. The molecule has 2 aromatic heterocycles. The standard InChI is InChI=1S/C20H24N4O2S/c1-4-23(5-2)18-11-10-15(14-21-18)19(25)24(12-13-26-3)20-22-16-8-6-7-9-17(16)27-20/h6-11,14H,4-5,12-13H2,1-3H3. The Morgan fingerprint density at radius 1 is 1.15 bits per heavy atom. The maximum absolute atomic E-state index is 13.1. The second kappa shape index (κ2) is 8.92. The fraction of sp³-hybridized carbons (Fsp3) is 0.350. The predicted molar refractivity (Wildman–Crippen MR) is 111 cm³/mol. The predicted octanol–water partition coefficient (Wildman–Crippen LogP) is 3.83. The quantitative estimate of drug-likeness (QED) is 0.591. The fourth-order valence-electron chi connectivity index (χ4n) is 2.85. The summed E-state index contributed by atoms with van der Waals surface area (Å²) in [4.78, 5) is 26.0. The van der Waals surface area contributed by atoms with E-state index in [0.717, 1.165) is 29.1 Å². The van der Waals surface area contributed by atoms with Crippen LogP contribution >= 0.6 is 11.3 Å². The van der Waals surface area contributed by atoms with Gasteiger partial charge in [-0.2, -0.15) is 0 Å². The number of benzene rings is 1. The highest BCUT2D eigenvalue weighted by Gasteiger charge is 2.21. The molecule has 0 N–H and O–H groups in total. The van der Waals surface area contributed by atoms with Crippen molar-refractivity contribution in [2.45, 2.75) is 13.8 Å². The van der Waals surface area contributed by atoms with E-state index in [0.29, 0.717) is 23.8 Å². The van der Waals surface area contributed by atoms with Crippen molar-refractivity contribution in [2.75, 3.05) is 43.2 Å². The molecule has 0 unspecified atom stereocenters. The summed E-state index contributed by atoms with van der Waals surface area (Å²) >= 11 is 1.50. The highest BCUT2D eigenvalue weighted by atomic mass is 32.1. The average molecular weight is 385 g/mol. The Morgan fingerprint density at radius 3 is 2.56 bits per heavy atom. The summed E-state index contributed by atoms with van der Waals surface area (Å²) in [5.41, 5.74) is 1.43. The molecule has 27 heavy (non-hydrogen) atoms. The van der Waals surface area contributed by atoms with Crippen LogP contribution in [0.15, 0.2) is 42.6 Å². The van der Waals surface area contributed by atoms with Gasteiger partial charge in [0.2, 0.25) is 0 Å². The zero-order valence-corrected chi connectivity index (χ0v) is 16.7. The number of methoxy groups -OCH3 is 1. The van der Waals surface area contributed by atoms with Gasteiger partial charge in [0.15, 0.2) is 5.13 Å². The van der Waals surface area contributed by atoms with Gasteiger partial charge in [-0.1, -0.05) is 23.5 Å². The summed E-state index contributed by atoms with van der Waals surface area (Å²) in [6, 6.07) is 11.6. The van der Waals surface area contributed by atoms with Gasteiger partial charge in [-0.05, 0) is 38.1 Å². The van der Waals surface area contributed by atoms with Gasteiger partial charge < -0.3 is 9.64 Å². The number of hydrogen-bond donors (Lipinski definition) is 0. The second-order valence-corrected chi connectivity index (χ2v) is 7.00. The van der Waals surface area contributed by atoms with Crippen LogP contribution in [0.25, 0.3) is 10.2 Å². The monoisotopic (exact) mass is 384 g/mol. The third-order valence-electron chi connectivity index (χ3n) is 4.36. The summed E-state index contributed by atoms with van der Waals surface area (Å²) in [5.74, 6) is 0.754. The van der Waals surface area contributed by atoms with Gasteiger partial charge in [-0.3, -0.25) is 9.69 Å². The Labute approximate surface area is 163 Å². The molecule has 1 aromatic carbocycles. The number of aromatic nitrogens is 2. The SMILES string of the molecule is CCN(CC)c1ccc(C(=O)N(CCOC)c2nc3ccccc3s2)cn1. The number of thiazole rings is 1. The summed E-state index contributed by atoms with van der Waals surface area (Å²) < 4.78 is 6.25. The molecule has 142 valence electrons. The first kappa shape index (κ1) is 19.3. The molecule has 0 saturated heterocycles. The van der Waals surface area contributed by atoms with Crippen LogP contribution in [0, 0.1) is 0 Å². The molecule has 0 spiro atoms. The van der Waals surface area contributed by atoms with Crippen LogP contribution in [0.1, 0.15) is 24.2 Å². The molecule has 7 heteroatoms. The summed E-state index contributed by atoms with van der Waals surface area (Å²) in [5, 5.41) is 0.672. The zero-order valence-electron chi connectivity index (χ0n) is 15.9. The van der Waals surface area contributed by atoms with E-state index < -0.39 is 0 Å². The summed E-state index contributed by atoms with van der Waals surface area (Å²) in [6.45, 7) is 6.80. The summed E-state index contributed by atoms with van der Waals surface area (Å²) in [6.07, 6.45) is 1.64. The van der Waals surface area contributed by atoms with Crippen LogP contribution in [0.4, 0.5) is 10.9 Å². The number of carbonyl (C=O) groups excluding carboxylic acids is 1. The third kappa shape index (κ3) is 4.26. The van der Waals surface area contributed by atoms with Gasteiger partial charge in [0, 0.05) is 26.4 Å². The Hall–Kier alpha value is -2.51. The lowest BCUT2D eigenvalue weighted by molar-refractivity contribution is 0.0975. The van der Waals surface area contributed by atoms with Gasteiger partial charge in [0.25, 0.3) is 5.91 Å². The van der Waals surface area contributed by atoms with E-state index in [1.54, 1.807) is 18.2 Å². The van der Waals surface area contributed by atoms with Crippen molar-refractivity contribution in [1.29, 1.82) is 0 Å². The molecule has 3 rings (SSSR count). The molecule has 2 heterocycles. The first-order valence-electron chi connectivity index (χ1n) is 9.05. The number of hydrogen-bond acceptors (Lipinski definition) is 6. The minimum absolute atomic E-state index is 0.121. The number of amides is 1. The van der Waals surface area contributed by atoms with E-state index in [2.05, 4.69) is 28.7 Å². The van der Waals surface area contributed by atoms with Crippen molar-refractivity contribution in [3.05, 3.63) is 48.2 Å².